The number of amides is 1. The number of rotatable bonds is 3. The zero-order chi connectivity index (χ0) is 13.8. The highest BCUT2D eigenvalue weighted by atomic mass is 79.9. The minimum atomic E-state index is -0.309. The molecule has 0 bridgehead atoms. The first-order chi connectivity index (χ1) is 9.06. The van der Waals surface area contributed by atoms with E-state index in [-0.39, 0.29) is 18.3 Å². The van der Waals surface area contributed by atoms with Crippen LogP contribution < -0.4 is 5.32 Å². The monoisotopic (exact) mass is 329 g/mol. The SMILES string of the molecule is CN1CCN(C(=O)CNc2ccc(F)c(Br)c2)CC1. The average molecular weight is 330 g/mol. The van der Waals surface area contributed by atoms with Gasteiger partial charge in [-0.3, -0.25) is 4.79 Å². The van der Waals surface area contributed by atoms with Gasteiger partial charge in [-0.25, -0.2) is 4.39 Å². The number of likely N-dealkylation sites (N-methyl/N-ethyl adjacent to an activating group) is 1. The number of halogens is 2. The Balaban J connectivity index is 1.84. The minimum absolute atomic E-state index is 0.0774. The normalized spacial score (nSPS) is 16.5. The second kappa shape index (κ2) is 6.34. The van der Waals surface area contributed by atoms with Gasteiger partial charge < -0.3 is 15.1 Å². The molecule has 1 aliphatic rings. The molecule has 0 atom stereocenters. The molecular weight excluding hydrogens is 313 g/mol. The Labute approximate surface area is 120 Å². The van der Waals surface area contributed by atoms with Gasteiger partial charge in [0.25, 0.3) is 0 Å². The van der Waals surface area contributed by atoms with E-state index < -0.39 is 0 Å². The Bertz CT molecular complexity index is 461. The van der Waals surface area contributed by atoms with Gasteiger partial charge in [-0.2, -0.15) is 0 Å². The van der Waals surface area contributed by atoms with Crippen LogP contribution in [0.15, 0.2) is 22.7 Å². The summed E-state index contributed by atoms with van der Waals surface area (Å²) in [5.41, 5.74) is 0.732. The van der Waals surface area contributed by atoms with Crippen molar-refractivity contribution in [2.45, 2.75) is 0 Å². The first-order valence-electron chi connectivity index (χ1n) is 6.21. The number of hydrogen-bond donors (Lipinski definition) is 1. The van der Waals surface area contributed by atoms with Crippen LogP contribution in [0.4, 0.5) is 10.1 Å². The number of carbonyl (C=O) groups is 1. The third-order valence-electron chi connectivity index (χ3n) is 3.22. The van der Waals surface area contributed by atoms with Gasteiger partial charge >= 0.3 is 0 Å². The van der Waals surface area contributed by atoms with E-state index in [1.54, 1.807) is 12.1 Å². The number of hydrogen-bond acceptors (Lipinski definition) is 3. The summed E-state index contributed by atoms with van der Waals surface area (Å²) in [7, 11) is 2.05. The van der Waals surface area contributed by atoms with Crippen LogP contribution in [0.3, 0.4) is 0 Å². The molecule has 0 unspecified atom stereocenters. The molecule has 1 amide bonds. The smallest absolute Gasteiger partial charge is 0.241 e. The summed E-state index contributed by atoms with van der Waals surface area (Å²) >= 11 is 3.12. The fourth-order valence-electron chi connectivity index (χ4n) is 1.95. The summed E-state index contributed by atoms with van der Waals surface area (Å²) < 4.78 is 13.5. The Morgan fingerprint density at radius 2 is 2.05 bits per heavy atom. The molecule has 1 heterocycles. The van der Waals surface area contributed by atoms with E-state index in [4.69, 9.17) is 0 Å². The Morgan fingerprint density at radius 1 is 1.37 bits per heavy atom. The van der Waals surface area contributed by atoms with E-state index >= 15 is 0 Å². The van der Waals surface area contributed by atoms with E-state index in [0.717, 1.165) is 31.9 Å². The molecule has 104 valence electrons. The Hall–Kier alpha value is -1.14. The van der Waals surface area contributed by atoms with Crippen molar-refractivity contribution in [2.24, 2.45) is 0 Å². The van der Waals surface area contributed by atoms with Crippen LogP contribution >= 0.6 is 15.9 Å². The predicted octanol–water partition coefficient (Wildman–Crippen LogP) is 1.77. The van der Waals surface area contributed by atoms with Crippen LogP contribution in [0.1, 0.15) is 0 Å². The van der Waals surface area contributed by atoms with Gasteiger partial charge in [-0.05, 0) is 41.2 Å². The molecule has 19 heavy (non-hydrogen) atoms. The summed E-state index contributed by atoms with van der Waals surface area (Å²) in [6, 6.07) is 4.62. The summed E-state index contributed by atoms with van der Waals surface area (Å²) in [6.45, 7) is 3.59. The van der Waals surface area contributed by atoms with E-state index in [1.807, 2.05) is 4.90 Å². The van der Waals surface area contributed by atoms with E-state index in [9.17, 15) is 9.18 Å². The maximum absolute atomic E-state index is 13.1. The third-order valence-corrected chi connectivity index (χ3v) is 3.83. The first-order valence-corrected chi connectivity index (χ1v) is 7.01. The molecule has 4 nitrogen and oxygen atoms in total. The lowest BCUT2D eigenvalue weighted by Crippen LogP contribution is -2.48. The molecular formula is C13H17BrFN3O. The molecule has 0 saturated carbocycles. The Morgan fingerprint density at radius 3 is 2.68 bits per heavy atom. The van der Waals surface area contributed by atoms with Crippen molar-refractivity contribution in [1.29, 1.82) is 0 Å². The van der Waals surface area contributed by atoms with Crippen molar-refractivity contribution >= 4 is 27.5 Å². The fourth-order valence-corrected chi connectivity index (χ4v) is 2.33. The average Bonchev–Trinajstić information content (AvgIpc) is 2.40. The highest BCUT2D eigenvalue weighted by Crippen LogP contribution is 2.19. The topological polar surface area (TPSA) is 35.6 Å². The number of nitrogens with zero attached hydrogens (tertiary/aromatic N) is 2. The zero-order valence-electron chi connectivity index (χ0n) is 10.8. The molecule has 6 heteroatoms. The highest BCUT2D eigenvalue weighted by molar-refractivity contribution is 9.10. The van der Waals surface area contributed by atoms with Crippen LogP contribution in [0.2, 0.25) is 0 Å². The van der Waals surface area contributed by atoms with Gasteiger partial charge in [0, 0.05) is 31.9 Å². The van der Waals surface area contributed by atoms with Crippen LogP contribution in [-0.4, -0.2) is 55.5 Å². The van der Waals surface area contributed by atoms with Gasteiger partial charge in [0.2, 0.25) is 5.91 Å². The van der Waals surface area contributed by atoms with Gasteiger partial charge in [0.1, 0.15) is 5.82 Å². The molecule has 0 spiro atoms. The van der Waals surface area contributed by atoms with Gasteiger partial charge in [-0.1, -0.05) is 0 Å². The highest BCUT2D eigenvalue weighted by Gasteiger charge is 2.18. The number of benzene rings is 1. The summed E-state index contributed by atoms with van der Waals surface area (Å²) in [6.07, 6.45) is 0. The predicted molar refractivity (Wildman–Crippen MR) is 76.7 cm³/mol. The molecule has 2 rings (SSSR count). The quantitative estimate of drug-likeness (QED) is 0.918. The standard InChI is InChI=1S/C13H17BrFN3O/c1-17-4-6-18(7-5-17)13(19)9-16-10-2-3-12(15)11(14)8-10/h2-3,8,16H,4-7,9H2,1H3. The van der Waals surface area contributed by atoms with Crippen LogP contribution in [-0.2, 0) is 4.79 Å². The van der Waals surface area contributed by atoms with E-state index in [1.165, 1.54) is 6.07 Å². The van der Waals surface area contributed by atoms with Crippen molar-refractivity contribution in [3.63, 3.8) is 0 Å². The Kier molecular flexibility index (Phi) is 4.76. The first kappa shape index (κ1) is 14.3. The summed E-state index contributed by atoms with van der Waals surface area (Å²) in [5.74, 6) is -0.232. The van der Waals surface area contributed by atoms with Crippen molar-refractivity contribution in [3.05, 3.63) is 28.5 Å². The molecule has 0 aliphatic carbocycles. The number of nitrogens with one attached hydrogen (secondary N) is 1. The second-order valence-electron chi connectivity index (χ2n) is 4.67. The van der Waals surface area contributed by atoms with Crippen molar-refractivity contribution < 1.29 is 9.18 Å². The lowest BCUT2D eigenvalue weighted by molar-refractivity contribution is -0.130. The molecule has 1 saturated heterocycles. The third kappa shape index (κ3) is 3.91. The van der Waals surface area contributed by atoms with Crippen LogP contribution in [0, 0.1) is 5.82 Å². The molecule has 1 aromatic rings. The molecule has 1 aliphatic heterocycles. The molecule has 1 N–H and O–H groups in total. The lowest BCUT2D eigenvalue weighted by atomic mass is 10.3. The van der Waals surface area contributed by atoms with Crippen LogP contribution in [0.25, 0.3) is 0 Å². The molecule has 1 aromatic carbocycles. The summed E-state index contributed by atoms with van der Waals surface area (Å²) in [4.78, 5) is 16.0. The van der Waals surface area contributed by atoms with E-state index in [2.05, 4.69) is 33.2 Å². The fraction of sp³-hybridized carbons (Fsp3) is 0.462. The largest absolute Gasteiger partial charge is 0.376 e. The molecule has 0 aromatic heterocycles. The lowest BCUT2D eigenvalue weighted by Gasteiger charge is -2.32. The van der Waals surface area contributed by atoms with Crippen molar-refractivity contribution in [1.82, 2.24) is 9.80 Å². The summed E-state index contributed by atoms with van der Waals surface area (Å²) in [5, 5.41) is 3.02. The van der Waals surface area contributed by atoms with Gasteiger partial charge in [-0.15, -0.1) is 0 Å². The molecule has 1 fully saturated rings. The minimum Gasteiger partial charge on any atom is -0.376 e. The zero-order valence-corrected chi connectivity index (χ0v) is 12.4. The molecule has 0 radical (unpaired) electrons. The van der Waals surface area contributed by atoms with Crippen molar-refractivity contribution in [2.75, 3.05) is 45.1 Å². The van der Waals surface area contributed by atoms with Crippen molar-refractivity contribution in [3.8, 4) is 0 Å². The maximum Gasteiger partial charge on any atom is 0.241 e. The van der Waals surface area contributed by atoms with Gasteiger partial charge in [0.15, 0.2) is 0 Å². The van der Waals surface area contributed by atoms with E-state index in [0.29, 0.717) is 4.47 Å². The number of anilines is 1. The number of carbonyl (C=O) groups excluding carboxylic acids is 1. The van der Waals surface area contributed by atoms with Gasteiger partial charge in [0.05, 0.1) is 11.0 Å². The maximum atomic E-state index is 13.1. The second-order valence-corrected chi connectivity index (χ2v) is 5.52. The van der Waals surface area contributed by atoms with Crippen LogP contribution in [0.5, 0.6) is 0 Å². The number of piperazine rings is 1.